The molecule has 2 aliphatic rings. The molecule has 7 nitrogen and oxygen atoms in total. The number of piperidine rings is 1. The number of hydrogen-bond acceptors (Lipinski definition) is 6. The fourth-order valence-electron chi connectivity index (χ4n) is 4.48. The first-order valence-corrected chi connectivity index (χ1v) is 10.5. The van der Waals surface area contributed by atoms with Gasteiger partial charge in [0.1, 0.15) is 11.9 Å². The number of fused-ring (bicyclic) bond motifs is 1. The lowest BCUT2D eigenvalue weighted by atomic mass is 9.87. The molecule has 3 heterocycles. The Morgan fingerprint density at radius 3 is 2.87 bits per heavy atom. The minimum absolute atomic E-state index is 0.0789. The molecule has 31 heavy (non-hydrogen) atoms. The molecule has 8 heteroatoms. The molecule has 0 radical (unpaired) electrons. The van der Waals surface area contributed by atoms with Crippen LogP contribution in [-0.4, -0.2) is 52.5 Å². The van der Waals surface area contributed by atoms with Crippen molar-refractivity contribution in [3.63, 3.8) is 0 Å². The van der Waals surface area contributed by atoms with Crippen LogP contribution in [0.3, 0.4) is 0 Å². The summed E-state index contributed by atoms with van der Waals surface area (Å²) >= 11 is 0. The molecule has 3 aromatic rings. The number of nitrogens with zero attached hydrogens (tertiary/aromatic N) is 2. The molecular weight excluding hydrogens is 401 g/mol. The van der Waals surface area contributed by atoms with E-state index in [4.69, 9.17) is 9.25 Å². The molecule has 2 aromatic carbocycles. The normalized spacial score (nSPS) is 24.3. The second kappa shape index (κ2) is 8.28. The van der Waals surface area contributed by atoms with E-state index in [0.717, 1.165) is 36.2 Å². The quantitative estimate of drug-likeness (QED) is 0.656. The summed E-state index contributed by atoms with van der Waals surface area (Å²) in [6, 6.07) is 12.0. The van der Waals surface area contributed by atoms with Gasteiger partial charge in [0.15, 0.2) is 5.58 Å². The highest BCUT2D eigenvalue weighted by Crippen LogP contribution is 2.25. The van der Waals surface area contributed by atoms with Crippen LogP contribution in [0, 0.1) is 11.7 Å². The number of halogens is 1. The number of hydrogen-bond donors (Lipinski definition) is 2. The first kappa shape index (κ1) is 20.0. The van der Waals surface area contributed by atoms with Gasteiger partial charge in [-0.3, -0.25) is 9.88 Å². The van der Waals surface area contributed by atoms with E-state index in [2.05, 4.69) is 15.0 Å². The number of aromatic nitrogens is 1. The summed E-state index contributed by atoms with van der Waals surface area (Å²) in [5.41, 5.74) is 3.90. The Morgan fingerprint density at radius 1 is 1.23 bits per heavy atom. The molecule has 1 unspecified atom stereocenters. The summed E-state index contributed by atoms with van der Waals surface area (Å²) in [6.07, 6.45) is 1.78. The van der Waals surface area contributed by atoms with Crippen LogP contribution in [0.4, 0.5) is 4.39 Å². The zero-order chi connectivity index (χ0) is 21.4. The number of benzene rings is 2. The van der Waals surface area contributed by atoms with Gasteiger partial charge in [-0.25, -0.2) is 9.18 Å². The molecule has 1 aromatic heterocycles. The highest BCUT2D eigenvalue weighted by Gasteiger charge is 2.31. The van der Waals surface area contributed by atoms with Gasteiger partial charge in [-0.05, 0) is 55.1 Å². The zero-order valence-corrected chi connectivity index (χ0v) is 17.0. The molecule has 5 rings (SSSR count). The van der Waals surface area contributed by atoms with Crippen LogP contribution in [0.2, 0.25) is 0 Å². The first-order chi connectivity index (χ1) is 15.0. The zero-order valence-electron chi connectivity index (χ0n) is 17.0. The minimum Gasteiger partial charge on any atom is -0.408 e. The largest absolute Gasteiger partial charge is 0.417 e. The van der Waals surface area contributed by atoms with Crippen molar-refractivity contribution in [3.8, 4) is 0 Å². The molecule has 0 bridgehead atoms. The molecule has 1 fully saturated rings. The molecule has 162 valence electrons. The number of nitrogens with one attached hydrogen (secondary N) is 1. The average molecular weight is 425 g/mol. The Bertz CT molecular complexity index is 1150. The van der Waals surface area contributed by atoms with Crippen molar-refractivity contribution in [1.82, 2.24) is 9.88 Å². The second-order valence-electron chi connectivity index (χ2n) is 8.40. The van der Waals surface area contributed by atoms with Crippen LogP contribution in [-0.2, 0) is 11.3 Å². The Hall–Kier alpha value is -2.97. The minimum atomic E-state index is -0.476. The second-order valence-corrected chi connectivity index (χ2v) is 8.40. The van der Waals surface area contributed by atoms with Gasteiger partial charge in [-0.2, -0.15) is 0 Å². The highest BCUT2D eigenvalue weighted by atomic mass is 19.1. The molecule has 0 aliphatic carbocycles. The number of rotatable bonds is 5. The summed E-state index contributed by atoms with van der Waals surface area (Å²) in [4.78, 5) is 21.8. The summed E-state index contributed by atoms with van der Waals surface area (Å²) in [5, 5.41) is 14.9. The number of aliphatic hydroxyl groups excluding tert-OH is 1. The van der Waals surface area contributed by atoms with Gasteiger partial charge < -0.3 is 14.4 Å². The van der Waals surface area contributed by atoms with E-state index in [1.807, 2.05) is 6.07 Å². The van der Waals surface area contributed by atoms with Crippen molar-refractivity contribution in [3.05, 3.63) is 70.0 Å². The van der Waals surface area contributed by atoms with Crippen LogP contribution in [0.15, 0.2) is 56.8 Å². The third-order valence-electron chi connectivity index (χ3n) is 6.17. The lowest BCUT2D eigenvalue weighted by molar-refractivity contribution is -0.00834. The predicted molar refractivity (Wildman–Crippen MR) is 114 cm³/mol. The van der Waals surface area contributed by atoms with Crippen molar-refractivity contribution in [2.75, 3.05) is 19.6 Å². The van der Waals surface area contributed by atoms with E-state index >= 15 is 0 Å². The molecule has 0 saturated carbocycles. The number of β-amino-alcohol motifs (C(OH)–C–C–N with tert-alkyl or cyclic N) is 1. The number of oxazole rings is 1. The Morgan fingerprint density at radius 2 is 2.06 bits per heavy atom. The number of aromatic amines is 1. The van der Waals surface area contributed by atoms with Crippen molar-refractivity contribution in [2.24, 2.45) is 11.1 Å². The summed E-state index contributed by atoms with van der Waals surface area (Å²) in [5.74, 6) is -0.549. The van der Waals surface area contributed by atoms with Crippen LogP contribution >= 0.6 is 0 Å². The molecule has 1 saturated heterocycles. The molecule has 2 N–H and O–H groups in total. The summed E-state index contributed by atoms with van der Waals surface area (Å²) in [7, 11) is 0. The van der Waals surface area contributed by atoms with Crippen LogP contribution < -0.4 is 5.76 Å². The summed E-state index contributed by atoms with van der Waals surface area (Å²) < 4.78 is 18.2. The predicted octanol–water partition coefficient (Wildman–Crippen LogP) is 2.68. The van der Waals surface area contributed by atoms with Crippen LogP contribution in [0.5, 0.6) is 0 Å². The third-order valence-corrected chi connectivity index (χ3v) is 6.17. The van der Waals surface area contributed by atoms with Gasteiger partial charge in [0.05, 0.1) is 17.3 Å². The van der Waals surface area contributed by atoms with E-state index < -0.39 is 11.9 Å². The van der Waals surface area contributed by atoms with E-state index in [-0.39, 0.29) is 17.8 Å². The molecule has 3 atom stereocenters. The van der Waals surface area contributed by atoms with Gasteiger partial charge in [0.2, 0.25) is 0 Å². The van der Waals surface area contributed by atoms with Crippen molar-refractivity contribution in [2.45, 2.75) is 31.5 Å². The highest BCUT2D eigenvalue weighted by molar-refractivity contribution is 6.03. The maximum atomic E-state index is 13.1. The average Bonchev–Trinajstić information content (AvgIpc) is 3.36. The standard InChI is InChI=1S/C23H24FN3O4/c24-17-4-1-14(2-5-17)9-16-7-8-27(13-21(16)28)12-18-11-20(26-31-18)15-3-6-19-22(10-15)30-23(29)25-19/h1-6,10,16,18,21,28H,7-9,11-13H2,(H,25,29)/t16-,18?,21-/m0/s1. The molecular formula is C23H24FN3O4. The van der Waals surface area contributed by atoms with E-state index in [9.17, 15) is 14.3 Å². The Balaban J connectivity index is 1.14. The van der Waals surface area contributed by atoms with E-state index in [1.54, 1.807) is 24.3 Å². The lowest BCUT2D eigenvalue weighted by Gasteiger charge is -2.36. The van der Waals surface area contributed by atoms with Gasteiger partial charge in [0.25, 0.3) is 0 Å². The Labute approximate surface area is 178 Å². The fourth-order valence-corrected chi connectivity index (χ4v) is 4.48. The van der Waals surface area contributed by atoms with Crippen LogP contribution in [0.25, 0.3) is 11.1 Å². The maximum absolute atomic E-state index is 13.1. The lowest BCUT2D eigenvalue weighted by Crippen LogP contribution is -2.47. The SMILES string of the molecule is O=c1[nH]c2ccc(C3=NOC(CN4CC[C@@H](Cc5ccc(F)cc5)[C@@H](O)C4)C3)cc2o1. The molecule has 0 spiro atoms. The number of H-pyrrole nitrogens is 1. The number of likely N-dealkylation sites (tertiary alicyclic amines) is 1. The van der Waals surface area contributed by atoms with E-state index in [1.165, 1.54) is 12.1 Å². The topological polar surface area (TPSA) is 91.1 Å². The van der Waals surface area contributed by atoms with Crippen molar-refractivity contribution >= 4 is 16.8 Å². The molecule has 2 aliphatic heterocycles. The van der Waals surface area contributed by atoms with Gasteiger partial charge >= 0.3 is 5.76 Å². The first-order valence-electron chi connectivity index (χ1n) is 10.5. The smallest absolute Gasteiger partial charge is 0.408 e. The van der Waals surface area contributed by atoms with Gasteiger partial charge in [-0.15, -0.1) is 0 Å². The molecule has 0 amide bonds. The number of aliphatic hydroxyl groups is 1. The Kier molecular flexibility index (Phi) is 5.33. The van der Waals surface area contributed by atoms with Gasteiger partial charge in [0, 0.05) is 25.1 Å². The van der Waals surface area contributed by atoms with Crippen molar-refractivity contribution in [1.29, 1.82) is 0 Å². The maximum Gasteiger partial charge on any atom is 0.417 e. The number of oxime groups is 1. The van der Waals surface area contributed by atoms with E-state index in [0.29, 0.717) is 30.6 Å². The monoisotopic (exact) mass is 425 g/mol. The van der Waals surface area contributed by atoms with Gasteiger partial charge in [-0.1, -0.05) is 23.4 Å². The fraction of sp³-hybridized carbons (Fsp3) is 0.391. The third kappa shape index (κ3) is 4.40. The van der Waals surface area contributed by atoms with Crippen molar-refractivity contribution < 1.29 is 18.8 Å². The van der Waals surface area contributed by atoms with Crippen LogP contribution in [0.1, 0.15) is 24.0 Å². The summed E-state index contributed by atoms with van der Waals surface area (Å²) in [6.45, 7) is 2.15.